The molecular formula is C38H41ClN10O8. The van der Waals surface area contributed by atoms with Crippen LogP contribution in [0.4, 0.5) is 21.9 Å². The number of ether oxygens (including phenoxy) is 1. The maximum atomic E-state index is 14.2. The fourth-order valence-electron chi connectivity index (χ4n) is 6.18. The number of hydrogen-bond donors (Lipinski definition) is 6. The average molecular weight is 801 g/mol. The first-order chi connectivity index (χ1) is 27.1. The number of hydrogen-bond acceptors (Lipinski definition) is 11. The van der Waals surface area contributed by atoms with Gasteiger partial charge in [0.15, 0.2) is 0 Å². The van der Waals surface area contributed by atoms with Gasteiger partial charge in [-0.15, -0.1) is 5.10 Å². The number of carbonyl (C=O) groups excluding carboxylic acids is 5. The molecule has 2 aromatic heterocycles. The van der Waals surface area contributed by atoms with Crippen LogP contribution in [-0.2, 0) is 25.5 Å². The molecule has 3 atom stereocenters. The molecule has 298 valence electrons. The summed E-state index contributed by atoms with van der Waals surface area (Å²) in [5, 5.41) is 39.3. The molecule has 0 unspecified atom stereocenters. The van der Waals surface area contributed by atoms with Gasteiger partial charge < -0.3 is 45.7 Å². The number of aromatic amines is 1. The number of aliphatic hydroxyl groups is 2. The summed E-state index contributed by atoms with van der Waals surface area (Å²) < 4.78 is 6.81. The van der Waals surface area contributed by atoms with Crippen molar-refractivity contribution in [2.75, 3.05) is 35.2 Å². The first kappa shape index (κ1) is 40.3. The Morgan fingerprint density at radius 1 is 0.947 bits per heavy atom. The van der Waals surface area contributed by atoms with Gasteiger partial charge in [-0.05, 0) is 98.3 Å². The van der Waals surface area contributed by atoms with Crippen molar-refractivity contribution in [3.63, 3.8) is 0 Å². The molecule has 3 heterocycles. The highest BCUT2D eigenvalue weighted by Gasteiger charge is 2.41. The van der Waals surface area contributed by atoms with Crippen LogP contribution in [-0.4, -0.2) is 114 Å². The summed E-state index contributed by atoms with van der Waals surface area (Å²) in [4.78, 5) is 72.8. The summed E-state index contributed by atoms with van der Waals surface area (Å²) in [7, 11) is 0. The molecule has 6 rings (SSSR count). The topological polar surface area (TPSA) is 237 Å². The van der Waals surface area contributed by atoms with Gasteiger partial charge in [-0.1, -0.05) is 23.7 Å². The molecule has 0 aliphatic carbocycles. The second-order valence-electron chi connectivity index (χ2n) is 14.4. The fourth-order valence-corrected chi connectivity index (χ4v) is 6.35. The first-order valence-electron chi connectivity index (χ1n) is 17.9. The Labute approximate surface area is 331 Å². The Bertz CT molecular complexity index is 2290. The summed E-state index contributed by atoms with van der Waals surface area (Å²) in [6.45, 7) is 6.24. The quantitative estimate of drug-likeness (QED) is 0.0792. The zero-order valence-electron chi connectivity index (χ0n) is 31.4. The molecule has 5 amide bonds. The third kappa shape index (κ3) is 9.54. The molecule has 6 N–H and O–H groups in total. The zero-order chi connectivity index (χ0) is 41.0. The number of halogens is 1. The Morgan fingerprint density at radius 3 is 2.35 bits per heavy atom. The predicted molar refractivity (Wildman–Crippen MR) is 209 cm³/mol. The van der Waals surface area contributed by atoms with Crippen molar-refractivity contribution in [1.29, 1.82) is 0 Å². The van der Waals surface area contributed by atoms with Crippen LogP contribution in [0.15, 0.2) is 73.1 Å². The highest BCUT2D eigenvalue weighted by atomic mass is 35.5. The summed E-state index contributed by atoms with van der Waals surface area (Å²) in [6.07, 6.45) is 0.336. The number of urea groups is 1. The summed E-state index contributed by atoms with van der Waals surface area (Å²) in [6, 6.07) is 15.2. The van der Waals surface area contributed by atoms with Gasteiger partial charge in [-0.3, -0.25) is 14.4 Å². The van der Waals surface area contributed by atoms with E-state index >= 15 is 0 Å². The van der Waals surface area contributed by atoms with Gasteiger partial charge in [-0.2, -0.15) is 4.68 Å². The lowest BCUT2D eigenvalue weighted by Gasteiger charge is -2.38. The minimum atomic E-state index is -1.18. The van der Waals surface area contributed by atoms with Crippen molar-refractivity contribution in [1.82, 2.24) is 35.4 Å². The third-order valence-electron chi connectivity index (χ3n) is 9.00. The normalized spacial score (nSPS) is 14.9. The summed E-state index contributed by atoms with van der Waals surface area (Å²) >= 11 is 6.31. The van der Waals surface area contributed by atoms with E-state index in [0.717, 1.165) is 0 Å². The molecule has 0 spiro atoms. The zero-order valence-corrected chi connectivity index (χ0v) is 32.1. The van der Waals surface area contributed by atoms with Crippen LogP contribution in [0.5, 0.6) is 0 Å². The molecule has 5 aromatic rings. The number of amides is 5. The van der Waals surface area contributed by atoms with Crippen LogP contribution in [0.2, 0.25) is 5.02 Å². The molecule has 1 fully saturated rings. The average Bonchev–Trinajstić information content (AvgIpc) is 3.85. The van der Waals surface area contributed by atoms with E-state index in [1.165, 1.54) is 33.8 Å². The van der Waals surface area contributed by atoms with E-state index in [-0.39, 0.29) is 25.2 Å². The Balaban J connectivity index is 1.25. The molecule has 1 aliphatic rings. The second kappa shape index (κ2) is 16.8. The third-order valence-corrected chi connectivity index (χ3v) is 9.23. The number of aromatic nitrogens is 5. The number of carbonyl (C=O) groups is 5. The molecule has 18 nitrogen and oxygen atoms in total. The van der Waals surface area contributed by atoms with E-state index in [4.69, 9.17) is 16.3 Å². The minimum Gasteiger partial charge on any atom is -0.455 e. The molecule has 3 aromatic carbocycles. The first-order valence-corrected chi connectivity index (χ1v) is 18.3. The number of fused-ring (bicyclic) bond motifs is 1. The van der Waals surface area contributed by atoms with E-state index in [1.54, 1.807) is 81.4 Å². The van der Waals surface area contributed by atoms with Gasteiger partial charge in [0, 0.05) is 46.8 Å². The van der Waals surface area contributed by atoms with Gasteiger partial charge in [0.25, 0.3) is 0 Å². The van der Waals surface area contributed by atoms with Gasteiger partial charge in [0.1, 0.15) is 23.7 Å². The Morgan fingerprint density at radius 2 is 1.68 bits per heavy atom. The number of H-pyrrole nitrogens is 1. The number of esters is 1. The number of nitrogens with one attached hydrogen (secondary N) is 4. The molecular weight excluding hydrogens is 760 g/mol. The largest absolute Gasteiger partial charge is 0.455 e. The Hall–Kier alpha value is -6.37. The molecule has 1 saturated heterocycles. The number of piperazine rings is 1. The lowest BCUT2D eigenvalue weighted by Crippen LogP contribution is -2.60. The number of nitrogens with zero attached hydrogens (tertiary/aromatic N) is 6. The maximum Gasteiger partial charge on any atom is 0.355 e. The van der Waals surface area contributed by atoms with Gasteiger partial charge in [0.05, 0.1) is 30.1 Å². The lowest BCUT2D eigenvalue weighted by atomic mass is 10.0. The molecule has 57 heavy (non-hydrogen) atoms. The van der Waals surface area contributed by atoms with Crippen molar-refractivity contribution in [3.05, 3.63) is 89.3 Å². The van der Waals surface area contributed by atoms with Crippen LogP contribution in [0.3, 0.4) is 0 Å². The molecule has 1 aliphatic heterocycles. The van der Waals surface area contributed by atoms with Crippen LogP contribution < -0.4 is 20.9 Å². The van der Waals surface area contributed by atoms with Crippen molar-refractivity contribution in [2.45, 2.75) is 57.9 Å². The number of anilines is 3. The van der Waals surface area contributed by atoms with Crippen molar-refractivity contribution in [2.24, 2.45) is 0 Å². The van der Waals surface area contributed by atoms with E-state index in [2.05, 4.69) is 36.5 Å². The summed E-state index contributed by atoms with van der Waals surface area (Å²) in [5.41, 5.74) is 2.21. The highest BCUT2D eigenvalue weighted by molar-refractivity contribution is 6.41. The van der Waals surface area contributed by atoms with Crippen LogP contribution in [0.25, 0.3) is 16.6 Å². The van der Waals surface area contributed by atoms with E-state index in [9.17, 15) is 34.2 Å². The Kier molecular flexibility index (Phi) is 11.9. The maximum absolute atomic E-state index is 14.2. The standard InChI is InChI=1S/C38H41ClN10O8/c1-21(51)29(19-50)44-37(56)42-25-8-5-22(6-9-25)15-32(33(52)41-26-10-11-27-23(16-26)17-28(43-27)36(55)57-38(2,3)4)48-14-13-47(34(53)35(48)54)31-18-24(39)7-12-30(31)49-20-40-45-46-49/h5-12,16-18,20-21,29,32,43,50-51H,13-15,19H2,1-4H3,(H,41,52)(H2,42,44,56)/t21-,29-,32+/m1/s1. The highest BCUT2D eigenvalue weighted by Crippen LogP contribution is 2.30. The molecule has 0 bridgehead atoms. The van der Waals surface area contributed by atoms with E-state index < -0.39 is 60.1 Å². The van der Waals surface area contributed by atoms with Crippen LogP contribution >= 0.6 is 11.6 Å². The second-order valence-corrected chi connectivity index (χ2v) is 14.8. The van der Waals surface area contributed by atoms with Crippen molar-refractivity contribution >= 4 is 69.3 Å². The predicted octanol–water partition coefficient (Wildman–Crippen LogP) is 3.04. The van der Waals surface area contributed by atoms with Crippen molar-refractivity contribution in [3.8, 4) is 5.69 Å². The van der Waals surface area contributed by atoms with Crippen LogP contribution in [0.1, 0.15) is 43.7 Å². The fraction of sp³-hybridized carbons (Fsp3) is 0.316. The van der Waals surface area contributed by atoms with Gasteiger partial charge in [-0.25, -0.2) is 9.59 Å². The smallest absolute Gasteiger partial charge is 0.355 e. The number of benzene rings is 3. The number of tetrazole rings is 1. The molecule has 19 heteroatoms. The minimum absolute atomic E-state index is 0.00579. The molecule has 0 radical (unpaired) electrons. The summed E-state index contributed by atoms with van der Waals surface area (Å²) in [5.74, 6) is -2.95. The van der Waals surface area contributed by atoms with E-state index in [0.29, 0.717) is 44.2 Å². The van der Waals surface area contributed by atoms with E-state index in [1.807, 2.05) is 0 Å². The molecule has 0 saturated carbocycles. The van der Waals surface area contributed by atoms with Crippen molar-refractivity contribution < 1.29 is 38.9 Å². The SMILES string of the molecule is C[C@@H](O)[C@@H](CO)NC(=O)Nc1ccc(C[C@@H](C(=O)Nc2ccc3[nH]c(C(=O)OC(C)(C)C)cc3c2)N2CCN(c3cc(Cl)ccc3-n3cnnn3)C(=O)C2=O)cc1. The number of aliphatic hydroxyl groups excluding tert-OH is 2. The van der Waals surface area contributed by atoms with Gasteiger partial charge in [0.2, 0.25) is 5.91 Å². The monoisotopic (exact) mass is 800 g/mol. The number of rotatable bonds is 12. The van der Waals surface area contributed by atoms with Crippen LogP contribution in [0, 0.1) is 0 Å². The lowest BCUT2D eigenvalue weighted by molar-refractivity contribution is -0.149. The van der Waals surface area contributed by atoms with Gasteiger partial charge >= 0.3 is 23.8 Å².